The molecule has 0 aliphatic rings. The fourth-order valence-corrected chi connectivity index (χ4v) is 1.72. The summed E-state index contributed by atoms with van der Waals surface area (Å²) < 4.78 is 5.36. The molecule has 1 aromatic heterocycles. The summed E-state index contributed by atoms with van der Waals surface area (Å²) >= 11 is 5.98. The molecule has 0 amide bonds. The number of anilines is 1. The standard InChI is InChI=1S/C12H20ClN3O/c1-4-11-14-10(13)9-12(15-11)16(5-2)7-8-17-6-3/h9H,4-8H2,1-3H3. The minimum Gasteiger partial charge on any atom is -0.380 e. The Labute approximate surface area is 108 Å². The molecule has 1 heterocycles. The lowest BCUT2D eigenvalue weighted by molar-refractivity contribution is 0.154. The first-order valence-corrected chi connectivity index (χ1v) is 6.45. The molecule has 17 heavy (non-hydrogen) atoms. The van der Waals surface area contributed by atoms with Crippen LogP contribution >= 0.6 is 11.6 Å². The van der Waals surface area contributed by atoms with Gasteiger partial charge in [-0.05, 0) is 13.8 Å². The molecule has 96 valence electrons. The number of likely N-dealkylation sites (N-methyl/N-ethyl adjacent to an activating group) is 1. The molecule has 0 aliphatic carbocycles. The molecule has 0 bridgehead atoms. The van der Waals surface area contributed by atoms with Gasteiger partial charge in [0.05, 0.1) is 6.61 Å². The van der Waals surface area contributed by atoms with Crippen LogP contribution in [-0.4, -0.2) is 36.3 Å². The van der Waals surface area contributed by atoms with Crippen LogP contribution in [0.1, 0.15) is 26.6 Å². The third-order valence-electron chi connectivity index (χ3n) is 2.46. The molecule has 5 heteroatoms. The second-order valence-corrected chi connectivity index (χ2v) is 3.98. The molecule has 0 radical (unpaired) electrons. The number of halogens is 1. The van der Waals surface area contributed by atoms with Crippen LogP contribution in [0.25, 0.3) is 0 Å². The average Bonchev–Trinajstić information content (AvgIpc) is 2.34. The van der Waals surface area contributed by atoms with Crippen molar-refractivity contribution < 1.29 is 4.74 Å². The number of aromatic nitrogens is 2. The first kappa shape index (κ1) is 14.2. The van der Waals surface area contributed by atoms with E-state index in [1.165, 1.54) is 0 Å². The van der Waals surface area contributed by atoms with Crippen molar-refractivity contribution in [2.75, 3.05) is 31.2 Å². The zero-order valence-electron chi connectivity index (χ0n) is 10.7. The Kier molecular flexibility index (Phi) is 6.22. The third kappa shape index (κ3) is 4.48. The Bertz CT molecular complexity index is 347. The molecule has 0 aromatic carbocycles. The van der Waals surface area contributed by atoms with Gasteiger partial charge < -0.3 is 9.64 Å². The van der Waals surface area contributed by atoms with Gasteiger partial charge in [0, 0.05) is 32.2 Å². The molecular formula is C12H20ClN3O. The van der Waals surface area contributed by atoms with E-state index in [2.05, 4.69) is 21.8 Å². The maximum atomic E-state index is 5.98. The number of ether oxygens (including phenoxy) is 1. The number of hydrogen-bond donors (Lipinski definition) is 0. The second-order valence-electron chi connectivity index (χ2n) is 3.60. The monoisotopic (exact) mass is 257 g/mol. The van der Waals surface area contributed by atoms with Crippen LogP contribution in [0.5, 0.6) is 0 Å². The van der Waals surface area contributed by atoms with Crippen molar-refractivity contribution in [1.82, 2.24) is 9.97 Å². The van der Waals surface area contributed by atoms with Crippen molar-refractivity contribution >= 4 is 17.4 Å². The van der Waals surface area contributed by atoms with Crippen LogP contribution in [0.4, 0.5) is 5.82 Å². The van der Waals surface area contributed by atoms with E-state index in [0.717, 1.165) is 37.8 Å². The highest BCUT2D eigenvalue weighted by Gasteiger charge is 2.08. The van der Waals surface area contributed by atoms with Gasteiger partial charge in [0.25, 0.3) is 0 Å². The van der Waals surface area contributed by atoms with Crippen LogP contribution in [0.15, 0.2) is 6.07 Å². The molecular weight excluding hydrogens is 238 g/mol. The summed E-state index contributed by atoms with van der Waals surface area (Å²) in [7, 11) is 0. The quantitative estimate of drug-likeness (QED) is 0.556. The van der Waals surface area contributed by atoms with Crippen LogP contribution in [0, 0.1) is 0 Å². The van der Waals surface area contributed by atoms with Crippen molar-refractivity contribution in [2.45, 2.75) is 27.2 Å². The van der Waals surface area contributed by atoms with Crippen molar-refractivity contribution in [1.29, 1.82) is 0 Å². The molecule has 0 aliphatic heterocycles. The summed E-state index contributed by atoms with van der Waals surface area (Å²) in [4.78, 5) is 10.8. The number of hydrogen-bond acceptors (Lipinski definition) is 4. The topological polar surface area (TPSA) is 38.2 Å². The van der Waals surface area contributed by atoms with Crippen LogP contribution in [-0.2, 0) is 11.2 Å². The van der Waals surface area contributed by atoms with E-state index in [9.17, 15) is 0 Å². The summed E-state index contributed by atoms with van der Waals surface area (Å²) in [5.74, 6) is 1.66. The van der Waals surface area contributed by atoms with Crippen molar-refractivity contribution in [3.8, 4) is 0 Å². The average molecular weight is 258 g/mol. The van der Waals surface area contributed by atoms with Crippen molar-refractivity contribution in [2.24, 2.45) is 0 Å². The second kappa shape index (κ2) is 7.45. The normalized spacial score (nSPS) is 10.6. The molecule has 0 unspecified atom stereocenters. The highest BCUT2D eigenvalue weighted by molar-refractivity contribution is 6.29. The third-order valence-corrected chi connectivity index (χ3v) is 2.65. The summed E-state index contributed by atoms with van der Waals surface area (Å²) in [5.41, 5.74) is 0. The van der Waals surface area contributed by atoms with Gasteiger partial charge in [0.1, 0.15) is 16.8 Å². The van der Waals surface area contributed by atoms with E-state index in [4.69, 9.17) is 16.3 Å². The first-order valence-electron chi connectivity index (χ1n) is 6.07. The number of aryl methyl sites for hydroxylation is 1. The molecule has 4 nitrogen and oxygen atoms in total. The van der Waals surface area contributed by atoms with Gasteiger partial charge in [0.2, 0.25) is 0 Å². The molecule has 0 atom stereocenters. The van der Waals surface area contributed by atoms with Gasteiger partial charge >= 0.3 is 0 Å². The SMILES string of the molecule is CCOCCN(CC)c1cc(Cl)nc(CC)n1. The Hall–Kier alpha value is -0.870. The molecule has 0 spiro atoms. The van der Waals surface area contributed by atoms with E-state index < -0.39 is 0 Å². The summed E-state index contributed by atoms with van der Waals surface area (Å²) in [6, 6.07) is 1.80. The van der Waals surface area contributed by atoms with Gasteiger partial charge in [-0.2, -0.15) is 0 Å². The molecule has 0 N–H and O–H groups in total. The Morgan fingerprint density at radius 1 is 1.29 bits per heavy atom. The van der Waals surface area contributed by atoms with Crippen LogP contribution < -0.4 is 4.90 Å². The van der Waals surface area contributed by atoms with E-state index in [-0.39, 0.29) is 0 Å². The smallest absolute Gasteiger partial charge is 0.134 e. The Morgan fingerprint density at radius 3 is 2.65 bits per heavy atom. The highest BCUT2D eigenvalue weighted by atomic mass is 35.5. The maximum absolute atomic E-state index is 5.98. The lowest BCUT2D eigenvalue weighted by atomic mass is 10.4. The predicted octanol–water partition coefficient (Wildman–Crippen LogP) is 2.56. The van der Waals surface area contributed by atoms with Crippen molar-refractivity contribution in [3.05, 3.63) is 17.0 Å². The predicted molar refractivity (Wildman–Crippen MR) is 70.8 cm³/mol. The Morgan fingerprint density at radius 2 is 2.06 bits per heavy atom. The lowest BCUT2D eigenvalue weighted by Gasteiger charge is -2.22. The van der Waals surface area contributed by atoms with E-state index >= 15 is 0 Å². The number of nitrogens with zero attached hydrogens (tertiary/aromatic N) is 3. The van der Waals surface area contributed by atoms with Crippen LogP contribution in [0.2, 0.25) is 5.15 Å². The minimum absolute atomic E-state index is 0.502. The fraction of sp³-hybridized carbons (Fsp3) is 0.667. The highest BCUT2D eigenvalue weighted by Crippen LogP contribution is 2.16. The maximum Gasteiger partial charge on any atom is 0.134 e. The molecule has 1 rings (SSSR count). The number of rotatable bonds is 7. The lowest BCUT2D eigenvalue weighted by Crippen LogP contribution is -2.28. The summed E-state index contributed by atoms with van der Waals surface area (Å²) in [6.07, 6.45) is 0.788. The molecule has 0 fully saturated rings. The van der Waals surface area contributed by atoms with Crippen molar-refractivity contribution in [3.63, 3.8) is 0 Å². The zero-order chi connectivity index (χ0) is 12.7. The van der Waals surface area contributed by atoms with E-state index in [0.29, 0.717) is 11.8 Å². The fourth-order valence-electron chi connectivity index (χ4n) is 1.53. The first-order chi connectivity index (χ1) is 8.21. The molecule has 0 saturated heterocycles. The van der Waals surface area contributed by atoms with E-state index in [1.54, 1.807) is 6.07 Å². The minimum atomic E-state index is 0.502. The Balaban J connectivity index is 2.76. The largest absolute Gasteiger partial charge is 0.380 e. The summed E-state index contributed by atoms with van der Waals surface area (Å²) in [6.45, 7) is 9.24. The van der Waals surface area contributed by atoms with Gasteiger partial charge in [-0.1, -0.05) is 18.5 Å². The van der Waals surface area contributed by atoms with E-state index in [1.807, 2.05) is 13.8 Å². The zero-order valence-corrected chi connectivity index (χ0v) is 11.5. The van der Waals surface area contributed by atoms with Gasteiger partial charge in [-0.3, -0.25) is 0 Å². The van der Waals surface area contributed by atoms with Gasteiger partial charge in [-0.25, -0.2) is 9.97 Å². The molecule has 0 saturated carbocycles. The van der Waals surface area contributed by atoms with Gasteiger partial charge in [-0.15, -0.1) is 0 Å². The summed E-state index contributed by atoms with van der Waals surface area (Å²) in [5, 5.41) is 0.502. The van der Waals surface area contributed by atoms with Crippen LogP contribution in [0.3, 0.4) is 0 Å². The van der Waals surface area contributed by atoms with Gasteiger partial charge in [0.15, 0.2) is 0 Å². The molecule has 1 aromatic rings.